The minimum Gasteiger partial charge on any atom is -0.274 e. The molecule has 0 aliphatic rings. The number of hydrogen-bond donors (Lipinski definition) is 1. The molecule has 0 unspecified atom stereocenters. The van der Waals surface area contributed by atoms with Crippen molar-refractivity contribution < 1.29 is 14.0 Å². The third kappa shape index (κ3) is 2.53. The normalized spacial score (nSPS) is 9.93. The van der Waals surface area contributed by atoms with Crippen LogP contribution < -0.4 is 5.48 Å². The summed E-state index contributed by atoms with van der Waals surface area (Å²) in [6.07, 6.45) is 0. The number of carbonyl (C=O) groups is 1. The van der Waals surface area contributed by atoms with E-state index in [2.05, 4.69) is 5.48 Å². The summed E-state index contributed by atoms with van der Waals surface area (Å²) in [5.41, 5.74) is 3.25. The fourth-order valence-corrected chi connectivity index (χ4v) is 1.07. The lowest BCUT2D eigenvalue weighted by molar-refractivity contribution is 0.0364. The molecule has 1 N–H and O–H groups in total. The van der Waals surface area contributed by atoms with Gasteiger partial charge in [0.15, 0.2) is 0 Å². The van der Waals surface area contributed by atoms with Crippen LogP contribution in [0.4, 0.5) is 4.39 Å². The lowest BCUT2D eigenvalue weighted by atomic mass is 10.1. The van der Waals surface area contributed by atoms with Gasteiger partial charge in [-0.2, -0.15) is 0 Å². The number of benzene rings is 1. The van der Waals surface area contributed by atoms with Crippen LogP contribution in [0.1, 0.15) is 22.8 Å². The van der Waals surface area contributed by atoms with Gasteiger partial charge in [0.05, 0.1) is 6.61 Å². The summed E-state index contributed by atoms with van der Waals surface area (Å²) in [7, 11) is 0. The first-order chi connectivity index (χ1) is 6.65. The summed E-state index contributed by atoms with van der Waals surface area (Å²) >= 11 is 0. The molecule has 0 heterocycles. The zero-order chi connectivity index (χ0) is 10.6. The molecule has 1 amide bonds. The molecule has 0 radical (unpaired) electrons. The molecule has 1 aromatic carbocycles. The number of rotatable bonds is 3. The zero-order valence-electron chi connectivity index (χ0n) is 8.13. The van der Waals surface area contributed by atoms with E-state index in [-0.39, 0.29) is 11.7 Å². The maximum absolute atomic E-state index is 12.7. The Balaban J connectivity index is 2.80. The van der Waals surface area contributed by atoms with Crippen molar-refractivity contribution in [3.05, 3.63) is 35.1 Å². The maximum Gasteiger partial charge on any atom is 0.275 e. The molecule has 0 saturated heterocycles. The van der Waals surface area contributed by atoms with Crippen molar-refractivity contribution in [2.24, 2.45) is 0 Å². The Kier molecular flexibility index (Phi) is 3.59. The predicted octanol–water partition coefficient (Wildman–Crippen LogP) is 1.82. The number of hydroxylamine groups is 1. The third-order valence-corrected chi connectivity index (χ3v) is 1.74. The van der Waals surface area contributed by atoms with Crippen LogP contribution in [0.5, 0.6) is 0 Å². The van der Waals surface area contributed by atoms with E-state index < -0.39 is 0 Å². The lowest BCUT2D eigenvalue weighted by Gasteiger charge is -2.06. The first kappa shape index (κ1) is 10.7. The topological polar surface area (TPSA) is 38.3 Å². The SMILES string of the molecule is CCONC(=O)c1ccc(F)cc1C. The van der Waals surface area contributed by atoms with Crippen LogP contribution in [0.2, 0.25) is 0 Å². The van der Waals surface area contributed by atoms with E-state index in [1.54, 1.807) is 13.8 Å². The van der Waals surface area contributed by atoms with Crippen molar-refractivity contribution in [3.63, 3.8) is 0 Å². The number of aryl methyl sites for hydroxylation is 1. The van der Waals surface area contributed by atoms with Gasteiger partial charge in [-0.1, -0.05) is 0 Å². The Morgan fingerprint density at radius 3 is 2.86 bits per heavy atom. The Hall–Kier alpha value is -1.42. The number of hydrogen-bond acceptors (Lipinski definition) is 2. The van der Waals surface area contributed by atoms with Crippen LogP contribution in [0.25, 0.3) is 0 Å². The molecular formula is C10H12FNO2. The van der Waals surface area contributed by atoms with Crippen molar-refractivity contribution >= 4 is 5.91 Å². The fraction of sp³-hybridized carbons (Fsp3) is 0.300. The van der Waals surface area contributed by atoms with Crippen molar-refractivity contribution in [2.75, 3.05) is 6.61 Å². The van der Waals surface area contributed by atoms with Crippen LogP contribution in [0.15, 0.2) is 18.2 Å². The molecule has 14 heavy (non-hydrogen) atoms. The highest BCUT2D eigenvalue weighted by atomic mass is 19.1. The van der Waals surface area contributed by atoms with E-state index >= 15 is 0 Å². The molecule has 0 aliphatic heterocycles. The molecule has 0 aliphatic carbocycles. The van der Waals surface area contributed by atoms with Gasteiger partial charge in [-0.05, 0) is 37.6 Å². The first-order valence-corrected chi connectivity index (χ1v) is 4.33. The average molecular weight is 197 g/mol. The summed E-state index contributed by atoms with van der Waals surface area (Å²) in [6.45, 7) is 3.83. The molecule has 0 bridgehead atoms. The van der Waals surface area contributed by atoms with Crippen LogP contribution in [-0.2, 0) is 4.84 Å². The summed E-state index contributed by atoms with van der Waals surface area (Å²) < 4.78 is 12.7. The van der Waals surface area contributed by atoms with Crippen molar-refractivity contribution in [1.29, 1.82) is 0 Å². The van der Waals surface area contributed by atoms with Crippen LogP contribution in [0.3, 0.4) is 0 Å². The van der Waals surface area contributed by atoms with E-state index in [1.807, 2.05) is 0 Å². The second-order valence-corrected chi connectivity index (χ2v) is 2.82. The molecule has 0 saturated carbocycles. The van der Waals surface area contributed by atoms with Gasteiger partial charge in [-0.25, -0.2) is 9.87 Å². The summed E-state index contributed by atoms with van der Waals surface area (Å²) in [5, 5.41) is 0. The molecule has 0 spiro atoms. The van der Waals surface area contributed by atoms with Crippen molar-refractivity contribution in [2.45, 2.75) is 13.8 Å². The van der Waals surface area contributed by atoms with Gasteiger partial charge in [-0.3, -0.25) is 9.63 Å². The Labute approximate surface area is 81.8 Å². The lowest BCUT2D eigenvalue weighted by Crippen LogP contribution is -2.24. The Morgan fingerprint density at radius 1 is 1.57 bits per heavy atom. The molecule has 1 aromatic rings. The van der Waals surface area contributed by atoms with E-state index in [9.17, 15) is 9.18 Å². The monoisotopic (exact) mass is 197 g/mol. The maximum atomic E-state index is 12.7. The molecule has 3 nitrogen and oxygen atoms in total. The van der Waals surface area contributed by atoms with Gasteiger partial charge in [0.25, 0.3) is 5.91 Å². The molecule has 1 rings (SSSR count). The first-order valence-electron chi connectivity index (χ1n) is 4.33. The van der Waals surface area contributed by atoms with E-state index in [0.29, 0.717) is 17.7 Å². The van der Waals surface area contributed by atoms with E-state index in [0.717, 1.165) is 0 Å². The molecule has 0 aromatic heterocycles. The van der Waals surface area contributed by atoms with Crippen LogP contribution in [0, 0.1) is 12.7 Å². The summed E-state index contributed by atoms with van der Waals surface area (Å²) in [6, 6.07) is 3.98. The van der Waals surface area contributed by atoms with Gasteiger partial charge < -0.3 is 0 Å². The third-order valence-electron chi connectivity index (χ3n) is 1.74. The highest BCUT2D eigenvalue weighted by Gasteiger charge is 2.08. The minimum atomic E-state index is -0.357. The van der Waals surface area contributed by atoms with Gasteiger partial charge >= 0.3 is 0 Å². The molecular weight excluding hydrogens is 185 g/mol. The van der Waals surface area contributed by atoms with E-state index in [1.165, 1.54) is 18.2 Å². The fourth-order valence-electron chi connectivity index (χ4n) is 1.07. The van der Waals surface area contributed by atoms with Gasteiger partial charge in [0.1, 0.15) is 5.82 Å². The molecule has 0 atom stereocenters. The van der Waals surface area contributed by atoms with Crippen molar-refractivity contribution in [1.82, 2.24) is 5.48 Å². The zero-order valence-corrected chi connectivity index (χ0v) is 8.13. The number of amides is 1. The number of nitrogens with one attached hydrogen (secondary N) is 1. The van der Waals surface area contributed by atoms with Crippen molar-refractivity contribution in [3.8, 4) is 0 Å². The molecule has 0 fully saturated rings. The molecule has 76 valence electrons. The van der Waals surface area contributed by atoms with Gasteiger partial charge in [0, 0.05) is 5.56 Å². The average Bonchev–Trinajstić information content (AvgIpc) is 2.14. The largest absolute Gasteiger partial charge is 0.275 e. The van der Waals surface area contributed by atoms with Gasteiger partial charge in [0.2, 0.25) is 0 Å². The Bertz CT molecular complexity index is 339. The summed E-state index contributed by atoms with van der Waals surface area (Å²) in [4.78, 5) is 16.1. The highest BCUT2D eigenvalue weighted by Crippen LogP contribution is 2.09. The minimum absolute atomic E-state index is 0.351. The number of halogens is 1. The van der Waals surface area contributed by atoms with E-state index in [4.69, 9.17) is 4.84 Å². The highest BCUT2D eigenvalue weighted by molar-refractivity contribution is 5.94. The smallest absolute Gasteiger partial charge is 0.274 e. The second-order valence-electron chi connectivity index (χ2n) is 2.82. The van der Waals surface area contributed by atoms with Crippen LogP contribution >= 0.6 is 0 Å². The van der Waals surface area contributed by atoms with Gasteiger partial charge in [-0.15, -0.1) is 0 Å². The summed E-state index contributed by atoms with van der Waals surface area (Å²) in [5.74, 6) is -0.709. The van der Waals surface area contributed by atoms with Crippen LogP contribution in [-0.4, -0.2) is 12.5 Å². The Morgan fingerprint density at radius 2 is 2.29 bits per heavy atom. The number of carbonyl (C=O) groups excluding carboxylic acids is 1. The quantitative estimate of drug-likeness (QED) is 0.750. The second kappa shape index (κ2) is 4.72. The predicted molar refractivity (Wildman–Crippen MR) is 50.2 cm³/mol. The standard InChI is InChI=1S/C10H12FNO2/c1-3-14-12-10(13)9-5-4-8(11)6-7(9)2/h4-6H,3H2,1-2H3,(H,12,13). The molecule has 4 heteroatoms.